The number of halogens is 1. The van der Waals surface area contributed by atoms with E-state index in [1.165, 1.54) is 11.6 Å². The molecule has 1 aliphatic rings. The van der Waals surface area contributed by atoms with E-state index in [4.69, 9.17) is 31.5 Å². The van der Waals surface area contributed by atoms with Crippen LogP contribution in [0.5, 0.6) is 17.2 Å². The zero-order valence-corrected chi connectivity index (χ0v) is 24.9. The van der Waals surface area contributed by atoms with Gasteiger partial charge in [-0.15, -0.1) is 0 Å². The van der Waals surface area contributed by atoms with E-state index < -0.39 is 11.9 Å². The van der Waals surface area contributed by atoms with Gasteiger partial charge in [-0.1, -0.05) is 93.0 Å². The summed E-state index contributed by atoms with van der Waals surface area (Å²) in [4.78, 5) is 12.6. The van der Waals surface area contributed by atoms with E-state index in [-0.39, 0.29) is 16.9 Å². The lowest BCUT2D eigenvalue weighted by molar-refractivity contribution is -0.128. The molecule has 0 bridgehead atoms. The molecule has 1 aliphatic heterocycles. The van der Waals surface area contributed by atoms with Gasteiger partial charge in [-0.05, 0) is 52.4 Å². The molecule has 0 amide bonds. The lowest BCUT2D eigenvalue weighted by atomic mass is 9.83. The number of nitrogens with zero attached hydrogens (tertiary/aromatic N) is 1. The van der Waals surface area contributed by atoms with Crippen molar-refractivity contribution >= 4 is 23.6 Å². The monoisotopic (exact) mass is 590 g/mol. The van der Waals surface area contributed by atoms with Crippen molar-refractivity contribution in [2.75, 3.05) is 0 Å². The van der Waals surface area contributed by atoms with Crippen LogP contribution in [0.1, 0.15) is 54.5 Å². The van der Waals surface area contributed by atoms with Crippen LogP contribution in [0, 0.1) is 11.3 Å². The van der Waals surface area contributed by atoms with Crippen LogP contribution in [-0.2, 0) is 16.8 Å². The maximum atomic E-state index is 12.6. The Morgan fingerprint density at radius 3 is 2.49 bits per heavy atom. The molecule has 5 rings (SSSR count). The highest BCUT2D eigenvalue weighted by Crippen LogP contribution is 2.44. The second-order valence-corrected chi connectivity index (χ2v) is 11.6. The van der Waals surface area contributed by atoms with Gasteiger partial charge in [0.2, 0.25) is 5.88 Å². The Labute approximate surface area is 256 Å². The predicted molar refractivity (Wildman–Crippen MR) is 168 cm³/mol. The van der Waals surface area contributed by atoms with Crippen molar-refractivity contribution in [2.24, 2.45) is 5.73 Å². The number of nitrogens with two attached hydrogens (primary N) is 1. The van der Waals surface area contributed by atoms with Gasteiger partial charge < -0.3 is 19.9 Å². The highest BCUT2D eigenvalue weighted by Gasteiger charge is 2.31. The summed E-state index contributed by atoms with van der Waals surface area (Å²) in [6, 6.07) is 30.2. The van der Waals surface area contributed by atoms with Gasteiger partial charge in [-0.2, -0.15) is 5.26 Å². The van der Waals surface area contributed by atoms with Gasteiger partial charge in [0.15, 0.2) is 0 Å². The van der Waals surface area contributed by atoms with Crippen LogP contribution in [0.25, 0.3) is 6.08 Å². The first-order chi connectivity index (χ1) is 20.6. The third-order valence-corrected chi connectivity index (χ3v) is 7.51. The topological polar surface area (TPSA) is 94.6 Å². The van der Waals surface area contributed by atoms with E-state index >= 15 is 0 Å². The van der Waals surface area contributed by atoms with Crippen LogP contribution in [-0.4, -0.2) is 5.97 Å². The molecule has 0 aliphatic carbocycles. The van der Waals surface area contributed by atoms with Crippen LogP contribution in [0.3, 0.4) is 0 Å². The van der Waals surface area contributed by atoms with Crippen LogP contribution in [0.4, 0.5) is 0 Å². The van der Waals surface area contributed by atoms with Crippen molar-refractivity contribution in [3.05, 3.63) is 141 Å². The molecule has 1 atom stereocenters. The van der Waals surface area contributed by atoms with E-state index in [0.29, 0.717) is 34.4 Å². The third-order valence-electron chi connectivity index (χ3n) is 7.14. The SMILES string of the molecule is CC(C)(C)c1ccc(/C=C/C(=O)Oc2ccc3c(c2)OC(N)=C(C#N)C3c2cccc(OCc3ccccc3Cl)c2)cc1. The molecule has 43 heavy (non-hydrogen) atoms. The molecule has 0 radical (unpaired) electrons. The number of ether oxygens (including phenoxy) is 3. The Hall–Kier alpha value is -4.99. The minimum absolute atomic E-state index is 0.00975. The Kier molecular flexibility index (Phi) is 8.56. The number of carbonyl (C=O) groups is 1. The molecule has 0 saturated carbocycles. The van der Waals surface area contributed by atoms with Crippen LogP contribution >= 0.6 is 11.6 Å². The Morgan fingerprint density at radius 2 is 1.77 bits per heavy atom. The van der Waals surface area contributed by atoms with E-state index in [1.807, 2.05) is 60.7 Å². The summed E-state index contributed by atoms with van der Waals surface area (Å²) >= 11 is 6.28. The summed E-state index contributed by atoms with van der Waals surface area (Å²) in [6.07, 6.45) is 3.09. The van der Waals surface area contributed by atoms with Crippen LogP contribution in [0.2, 0.25) is 5.02 Å². The van der Waals surface area contributed by atoms with Crippen molar-refractivity contribution in [2.45, 2.75) is 38.7 Å². The van der Waals surface area contributed by atoms with Crippen molar-refractivity contribution < 1.29 is 19.0 Å². The van der Waals surface area contributed by atoms with Gasteiger partial charge in [0.1, 0.15) is 35.5 Å². The average molecular weight is 591 g/mol. The number of nitriles is 1. The predicted octanol–water partition coefficient (Wildman–Crippen LogP) is 8.05. The van der Waals surface area contributed by atoms with Crippen molar-refractivity contribution in [3.63, 3.8) is 0 Å². The second-order valence-electron chi connectivity index (χ2n) is 11.2. The van der Waals surface area contributed by atoms with Gasteiger partial charge >= 0.3 is 5.97 Å². The molecule has 7 heteroatoms. The lowest BCUT2D eigenvalue weighted by Gasteiger charge is -2.27. The molecule has 0 aromatic heterocycles. The summed E-state index contributed by atoms with van der Waals surface area (Å²) in [7, 11) is 0. The molecule has 6 nitrogen and oxygen atoms in total. The van der Waals surface area contributed by atoms with Crippen LogP contribution < -0.4 is 19.9 Å². The van der Waals surface area contributed by atoms with Gasteiger partial charge in [0, 0.05) is 28.3 Å². The number of allylic oxidation sites excluding steroid dienone is 1. The quantitative estimate of drug-likeness (QED) is 0.133. The standard InChI is InChI=1S/C36H31ClN2O4/c1-36(2,3)26-14-11-23(12-15-26)13-18-33(40)42-28-16-17-29-32(20-28)43-35(39)30(21-38)34(29)24-8-6-9-27(19-24)41-22-25-7-4-5-10-31(25)37/h4-20,34H,22,39H2,1-3H3/b18-13+. The van der Waals surface area contributed by atoms with Gasteiger partial charge in [-0.3, -0.25) is 0 Å². The summed E-state index contributed by atoms with van der Waals surface area (Å²) in [5.41, 5.74) is 11.0. The first kappa shape index (κ1) is 29.5. The fourth-order valence-corrected chi connectivity index (χ4v) is 5.00. The Bertz CT molecular complexity index is 1760. The molecule has 216 valence electrons. The summed E-state index contributed by atoms with van der Waals surface area (Å²) in [5, 5.41) is 10.6. The van der Waals surface area contributed by atoms with Crippen molar-refractivity contribution in [1.29, 1.82) is 5.26 Å². The fraction of sp³-hybridized carbons (Fsp3) is 0.167. The average Bonchev–Trinajstić information content (AvgIpc) is 2.99. The molecular weight excluding hydrogens is 560 g/mol. The molecular formula is C36H31ClN2O4. The highest BCUT2D eigenvalue weighted by molar-refractivity contribution is 6.31. The van der Waals surface area contributed by atoms with E-state index in [1.54, 1.807) is 24.3 Å². The van der Waals surface area contributed by atoms with Gasteiger partial charge in [-0.25, -0.2) is 4.79 Å². The minimum Gasteiger partial charge on any atom is -0.489 e. The largest absolute Gasteiger partial charge is 0.489 e. The third kappa shape index (κ3) is 6.91. The number of benzene rings is 4. The minimum atomic E-state index is -0.531. The van der Waals surface area contributed by atoms with Gasteiger partial charge in [0.05, 0.1) is 5.92 Å². The first-order valence-corrected chi connectivity index (χ1v) is 14.2. The van der Waals surface area contributed by atoms with Crippen LogP contribution in [0.15, 0.2) is 109 Å². The normalized spacial score (nSPS) is 14.5. The molecule has 4 aromatic rings. The van der Waals surface area contributed by atoms with Crippen molar-refractivity contribution in [3.8, 4) is 23.3 Å². The number of carbonyl (C=O) groups excluding carboxylic acids is 1. The first-order valence-electron chi connectivity index (χ1n) is 13.8. The Balaban J connectivity index is 1.34. The number of hydrogen-bond acceptors (Lipinski definition) is 6. The molecule has 0 spiro atoms. The summed E-state index contributed by atoms with van der Waals surface area (Å²) in [5.74, 6) is 0.266. The molecule has 1 heterocycles. The molecule has 0 saturated heterocycles. The van der Waals surface area contributed by atoms with E-state index in [9.17, 15) is 10.1 Å². The second kappa shape index (κ2) is 12.5. The maximum Gasteiger partial charge on any atom is 0.336 e. The zero-order valence-electron chi connectivity index (χ0n) is 24.1. The van der Waals surface area contributed by atoms with E-state index in [2.05, 4.69) is 39.0 Å². The van der Waals surface area contributed by atoms with E-state index in [0.717, 1.165) is 16.7 Å². The highest BCUT2D eigenvalue weighted by atomic mass is 35.5. The van der Waals surface area contributed by atoms with Gasteiger partial charge in [0.25, 0.3) is 0 Å². The molecule has 0 fully saturated rings. The molecule has 1 unspecified atom stereocenters. The number of fused-ring (bicyclic) bond motifs is 1. The summed E-state index contributed by atoms with van der Waals surface area (Å²) in [6.45, 7) is 6.75. The fourth-order valence-electron chi connectivity index (χ4n) is 4.81. The molecule has 2 N–H and O–H groups in total. The zero-order chi connectivity index (χ0) is 30.6. The smallest absolute Gasteiger partial charge is 0.336 e. The summed E-state index contributed by atoms with van der Waals surface area (Å²) < 4.78 is 17.4. The molecule has 4 aromatic carbocycles. The Morgan fingerprint density at radius 1 is 1.00 bits per heavy atom. The lowest BCUT2D eigenvalue weighted by Crippen LogP contribution is -2.21. The van der Waals surface area contributed by atoms with Crippen molar-refractivity contribution in [1.82, 2.24) is 0 Å². The number of rotatable bonds is 7. The number of hydrogen-bond donors (Lipinski definition) is 1. The maximum absolute atomic E-state index is 12.6. The number of esters is 1.